The normalized spacial score (nSPS) is 10.1. The molecular formula is C14H18O6. The van der Waals surface area contributed by atoms with E-state index in [9.17, 15) is 14.7 Å². The van der Waals surface area contributed by atoms with Crippen molar-refractivity contribution in [1.82, 2.24) is 0 Å². The number of hydrogen-bond donors (Lipinski definition) is 2. The van der Waals surface area contributed by atoms with Crippen LogP contribution in [0, 0.1) is 0 Å². The number of carbonyl (C=O) groups is 2. The molecule has 0 aliphatic carbocycles. The third-order valence-corrected chi connectivity index (χ3v) is 2.56. The highest BCUT2D eigenvalue weighted by Gasteiger charge is 2.22. The summed E-state index contributed by atoms with van der Waals surface area (Å²) >= 11 is 0. The van der Waals surface area contributed by atoms with Crippen LogP contribution >= 0.6 is 0 Å². The minimum absolute atomic E-state index is 0.00592. The van der Waals surface area contributed by atoms with Crippen molar-refractivity contribution in [3.05, 3.63) is 23.3 Å². The van der Waals surface area contributed by atoms with Crippen LogP contribution in [0.3, 0.4) is 0 Å². The van der Waals surface area contributed by atoms with Crippen LogP contribution in [0.2, 0.25) is 0 Å². The molecule has 20 heavy (non-hydrogen) atoms. The number of hydrogen-bond acceptors (Lipinski definition) is 5. The molecule has 1 aromatic carbocycles. The topological polar surface area (TPSA) is 93.1 Å². The third-order valence-electron chi connectivity index (χ3n) is 2.56. The lowest BCUT2D eigenvalue weighted by molar-refractivity contribution is 0.0490. The Kier molecular flexibility index (Phi) is 5.83. The first-order valence-corrected chi connectivity index (χ1v) is 6.41. The lowest BCUT2D eigenvalue weighted by Crippen LogP contribution is -2.11. The first-order chi connectivity index (χ1) is 9.51. The van der Waals surface area contributed by atoms with Gasteiger partial charge in [0.15, 0.2) is 0 Å². The fraction of sp³-hybridized carbons (Fsp3) is 0.429. The number of benzene rings is 1. The molecule has 0 radical (unpaired) electrons. The van der Waals surface area contributed by atoms with Gasteiger partial charge in [-0.15, -0.1) is 0 Å². The number of ether oxygens (including phenoxy) is 2. The Morgan fingerprint density at radius 2 is 1.95 bits per heavy atom. The minimum Gasteiger partial charge on any atom is -0.507 e. The van der Waals surface area contributed by atoms with E-state index in [4.69, 9.17) is 14.6 Å². The highest BCUT2D eigenvalue weighted by Crippen LogP contribution is 2.30. The Hall–Kier alpha value is -2.24. The molecule has 0 fully saturated rings. The van der Waals surface area contributed by atoms with Crippen LogP contribution in [0.1, 0.15) is 47.4 Å². The zero-order chi connectivity index (χ0) is 15.1. The van der Waals surface area contributed by atoms with Crippen molar-refractivity contribution in [3.8, 4) is 11.5 Å². The maximum atomic E-state index is 11.9. The molecular weight excluding hydrogens is 264 g/mol. The van der Waals surface area contributed by atoms with E-state index in [-0.39, 0.29) is 30.1 Å². The quantitative estimate of drug-likeness (QED) is 0.589. The van der Waals surface area contributed by atoms with Crippen LogP contribution in [0.5, 0.6) is 11.5 Å². The molecule has 0 saturated carbocycles. The van der Waals surface area contributed by atoms with Gasteiger partial charge in [0, 0.05) is 0 Å². The number of esters is 1. The van der Waals surface area contributed by atoms with E-state index >= 15 is 0 Å². The summed E-state index contributed by atoms with van der Waals surface area (Å²) in [6.07, 6.45) is 1.58. The Balaban J connectivity index is 3.09. The SMILES string of the molecule is CCCCOC(=O)c1c(O)cc(C(=O)O)cc1OCC. The predicted molar refractivity (Wildman–Crippen MR) is 71.4 cm³/mol. The number of rotatable bonds is 7. The Morgan fingerprint density at radius 3 is 2.50 bits per heavy atom. The summed E-state index contributed by atoms with van der Waals surface area (Å²) < 4.78 is 10.2. The molecule has 6 heteroatoms. The van der Waals surface area contributed by atoms with Crippen molar-refractivity contribution < 1.29 is 29.3 Å². The smallest absolute Gasteiger partial charge is 0.345 e. The Bertz CT molecular complexity index is 495. The van der Waals surface area contributed by atoms with Crippen molar-refractivity contribution >= 4 is 11.9 Å². The average Bonchev–Trinajstić information content (AvgIpc) is 2.38. The summed E-state index contributed by atoms with van der Waals surface area (Å²) in [5.41, 5.74) is -0.302. The van der Waals surface area contributed by atoms with Gasteiger partial charge < -0.3 is 19.7 Å². The highest BCUT2D eigenvalue weighted by atomic mass is 16.5. The summed E-state index contributed by atoms with van der Waals surface area (Å²) in [7, 11) is 0. The number of phenols is 1. The van der Waals surface area contributed by atoms with Gasteiger partial charge in [-0.3, -0.25) is 0 Å². The maximum absolute atomic E-state index is 11.9. The standard InChI is InChI=1S/C14H18O6/c1-3-5-6-20-14(18)12-10(15)7-9(13(16)17)8-11(12)19-4-2/h7-8,15H,3-6H2,1-2H3,(H,16,17). The number of aromatic hydroxyl groups is 1. The van der Waals surface area contributed by atoms with Crippen LogP contribution in [-0.4, -0.2) is 35.4 Å². The number of phenolic OH excluding ortho intramolecular Hbond substituents is 1. The predicted octanol–water partition coefficient (Wildman–Crippen LogP) is 2.45. The van der Waals surface area contributed by atoms with Crippen LogP contribution < -0.4 is 4.74 Å². The van der Waals surface area contributed by atoms with Gasteiger partial charge in [0.2, 0.25) is 0 Å². The molecule has 0 saturated heterocycles. The van der Waals surface area contributed by atoms with Crippen molar-refractivity contribution in [3.63, 3.8) is 0 Å². The summed E-state index contributed by atoms with van der Waals surface area (Å²) in [4.78, 5) is 22.8. The summed E-state index contributed by atoms with van der Waals surface area (Å²) in [5.74, 6) is -2.40. The average molecular weight is 282 g/mol. The van der Waals surface area contributed by atoms with Gasteiger partial charge in [0.25, 0.3) is 0 Å². The monoisotopic (exact) mass is 282 g/mol. The molecule has 0 aromatic heterocycles. The van der Waals surface area contributed by atoms with Crippen molar-refractivity contribution in [1.29, 1.82) is 0 Å². The van der Waals surface area contributed by atoms with E-state index in [0.29, 0.717) is 6.42 Å². The van der Waals surface area contributed by atoms with E-state index in [1.165, 1.54) is 6.07 Å². The fourth-order valence-electron chi connectivity index (χ4n) is 1.58. The van der Waals surface area contributed by atoms with Crippen molar-refractivity contribution in [2.75, 3.05) is 13.2 Å². The first-order valence-electron chi connectivity index (χ1n) is 6.41. The molecule has 6 nitrogen and oxygen atoms in total. The van der Waals surface area contributed by atoms with E-state index in [1.807, 2.05) is 6.92 Å². The summed E-state index contributed by atoms with van der Waals surface area (Å²) in [6.45, 7) is 4.12. The molecule has 0 aliphatic rings. The van der Waals surface area contributed by atoms with Crippen molar-refractivity contribution in [2.24, 2.45) is 0 Å². The number of carboxylic acids is 1. The maximum Gasteiger partial charge on any atom is 0.345 e. The molecule has 0 unspecified atom stereocenters. The van der Waals surface area contributed by atoms with Gasteiger partial charge in [-0.1, -0.05) is 13.3 Å². The third kappa shape index (κ3) is 3.88. The van der Waals surface area contributed by atoms with E-state index < -0.39 is 17.7 Å². The summed E-state index contributed by atoms with van der Waals surface area (Å²) in [6, 6.07) is 2.20. The molecule has 1 rings (SSSR count). The number of aromatic carboxylic acids is 1. The molecule has 0 atom stereocenters. The highest BCUT2D eigenvalue weighted by molar-refractivity contribution is 5.98. The van der Waals surface area contributed by atoms with Gasteiger partial charge in [0.1, 0.15) is 17.1 Å². The summed E-state index contributed by atoms with van der Waals surface area (Å²) in [5, 5.41) is 18.8. The molecule has 2 N–H and O–H groups in total. The minimum atomic E-state index is -1.22. The van der Waals surface area contributed by atoms with E-state index in [0.717, 1.165) is 12.5 Å². The van der Waals surface area contributed by atoms with Gasteiger partial charge in [-0.25, -0.2) is 9.59 Å². The van der Waals surface area contributed by atoms with Crippen LogP contribution in [-0.2, 0) is 4.74 Å². The van der Waals surface area contributed by atoms with Gasteiger partial charge in [0.05, 0.1) is 18.8 Å². The first kappa shape index (κ1) is 15.8. The fourth-order valence-corrected chi connectivity index (χ4v) is 1.58. The molecule has 0 spiro atoms. The second kappa shape index (κ2) is 7.37. The van der Waals surface area contributed by atoms with Gasteiger partial charge in [-0.05, 0) is 25.5 Å². The Labute approximate surface area is 116 Å². The molecule has 1 aromatic rings. The van der Waals surface area contributed by atoms with Crippen molar-refractivity contribution in [2.45, 2.75) is 26.7 Å². The van der Waals surface area contributed by atoms with Crippen LogP contribution in [0.4, 0.5) is 0 Å². The molecule has 0 heterocycles. The molecule has 0 aliphatic heterocycles. The second-order valence-electron chi connectivity index (χ2n) is 4.10. The zero-order valence-corrected chi connectivity index (χ0v) is 11.5. The van der Waals surface area contributed by atoms with Gasteiger partial charge in [-0.2, -0.15) is 0 Å². The Morgan fingerprint density at radius 1 is 1.25 bits per heavy atom. The van der Waals surface area contributed by atoms with E-state index in [2.05, 4.69) is 0 Å². The van der Waals surface area contributed by atoms with Gasteiger partial charge >= 0.3 is 11.9 Å². The lowest BCUT2D eigenvalue weighted by Gasteiger charge is -2.12. The molecule has 0 amide bonds. The second-order valence-corrected chi connectivity index (χ2v) is 4.10. The number of carbonyl (C=O) groups excluding carboxylic acids is 1. The molecule has 0 bridgehead atoms. The largest absolute Gasteiger partial charge is 0.507 e. The molecule has 110 valence electrons. The van der Waals surface area contributed by atoms with Crippen LogP contribution in [0.25, 0.3) is 0 Å². The van der Waals surface area contributed by atoms with Crippen LogP contribution in [0.15, 0.2) is 12.1 Å². The van der Waals surface area contributed by atoms with E-state index in [1.54, 1.807) is 6.92 Å². The number of carboxylic acid groups (broad SMARTS) is 1. The number of unbranched alkanes of at least 4 members (excludes halogenated alkanes) is 1. The lowest BCUT2D eigenvalue weighted by atomic mass is 10.1. The zero-order valence-electron chi connectivity index (χ0n) is 11.5.